The van der Waals surface area contributed by atoms with E-state index >= 15 is 0 Å². The van der Waals surface area contributed by atoms with Gasteiger partial charge in [-0.05, 0) is 23.8 Å². The van der Waals surface area contributed by atoms with Crippen LogP contribution in [0.25, 0.3) is 0 Å². The highest BCUT2D eigenvalue weighted by Gasteiger charge is 2.19. The number of hydrogen-bond donors (Lipinski definition) is 1. The summed E-state index contributed by atoms with van der Waals surface area (Å²) in [7, 11) is 0. The Morgan fingerprint density at radius 1 is 1.33 bits per heavy atom. The highest BCUT2D eigenvalue weighted by atomic mass is 32.1. The van der Waals surface area contributed by atoms with Gasteiger partial charge in [-0.1, -0.05) is 19.9 Å². The molecule has 0 spiro atoms. The Morgan fingerprint density at radius 2 is 2.00 bits per heavy atom. The van der Waals surface area contributed by atoms with Crippen molar-refractivity contribution in [3.05, 3.63) is 22.4 Å². The van der Waals surface area contributed by atoms with E-state index in [0.29, 0.717) is 25.4 Å². The number of thiophene rings is 1. The molecule has 0 aromatic carbocycles. The third-order valence-electron chi connectivity index (χ3n) is 3.08. The lowest BCUT2D eigenvalue weighted by atomic mass is 10.1. The second-order valence-corrected chi connectivity index (χ2v) is 6.33. The molecule has 0 unspecified atom stereocenters. The Bertz CT molecular complexity index is 445. The van der Waals surface area contributed by atoms with Crippen LogP contribution in [-0.4, -0.2) is 35.2 Å². The monoisotopic (exact) mass is 313 g/mol. The molecular formula is C15H23NO4S. The van der Waals surface area contributed by atoms with Gasteiger partial charge in [0.05, 0.1) is 0 Å². The summed E-state index contributed by atoms with van der Waals surface area (Å²) >= 11 is 1.51. The van der Waals surface area contributed by atoms with E-state index in [1.165, 1.54) is 23.2 Å². The first-order valence-electron chi connectivity index (χ1n) is 7.08. The maximum atomic E-state index is 11.3. The molecule has 1 aromatic heterocycles. The average molecular weight is 313 g/mol. The van der Waals surface area contributed by atoms with Crippen LogP contribution in [-0.2, 0) is 9.53 Å². The molecular weight excluding hydrogens is 290 g/mol. The van der Waals surface area contributed by atoms with Crippen LogP contribution in [0.2, 0.25) is 0 Å². The van der Waals surface area contributed by atoms with Gasteiger partial charge in [0, 0.05) is 31.3 Å². The summed E-state index contributed by atoms with van der Waals surface area (Å²) in [6.45, 7) is 6.36. The van der Waals surface area contributed by atoms with E-state index in [1.807, 2.05) is 17.5 Å². The van der Waals surface area contributed by atoms with Crippen LogP contribution in [0.1, 0.15) is 44.6 Å². The number of nitrogens with zero attached hydrogens (tertiary/aromatic N) is 1. The molecule has 0 radical (unpaired) electrons. The third kappa shape index (κ3) is 6.62. The molecule has 5 nitrogen and oxygen atoms in total. The Morgan fingerprint density at radius 3 is 2.48 bits per heavy atom. The lowest BCUT2D eigenvalue weighted by molar-refractivity contribution is -0.147. The van der Waals surface area contributed by atoms with Crippen molar-refractivity contribution in [1.29, 1.82) is 0 Å². The summed E-state index contributed by atoms with van der Waals surface area (Å²) in [5, 5.41) is 11.1. The fourth-order valence-corrected chi connectivity index (χ4v) is 2.71. The molecule has 1 heterocycles. The number of ether oxygens (including phenoxy) is 1. The zero-order valence-corrected chi connectivity index (χ0v) is 13.6. The molecule has 0 aliphatic heterocycles. The highest BCUT2D eigenvalue weighted by Crippen LogP contribution is 2.26. The number of carbonyl (C=O) groups is 2. The number of amides is 1. The minimum atomic E-state index is -0.927. The van der Waals surface area contributed by atoms with Gasteiger partial charge in [-0.15, -0.1) is 11.3 Å². The third-order valence-corrected chi connectivity index (χ3v) is 4.04. The number of esters is 1. The van der Waals surface area contributed by atoms with Crippen molar-refractivity contribution in [1.82, 2.24) is 4.90 Å². The Balaban J connectivity index is 2.60. The maximum absolute atomic E-state index is 11.3. The SMILES string of the molecule is CC(=O)O[C@@H](CCN(CCC(C)C)C(=O)O)c1cccs1. The van der Waals surface area contributed by atoms with Crippen molar-refractivity contribution in [2.75, 3.05) is 13.1 Å². The first-order valence-corrected chi connectivity index (χ1v) is 7.96. The van der Waals surface area contributed by atoms with E-state index in [9.17, 15) is 14.7 Å². The summed E-state index contributed by atoms with van der Waals surface area (Å²) in [6, 6.07) is 3.79. The van der Waals surface area contributed by atoms with E-state index in [-0.39, 0.29) is 12.1 Å². The molecule has 1 amide bonds. The number of carbonyl (C=O) groups excluding carboxylic acids is 1. The van der Waals surface area contributed by atoms with Crippen molar-refractivity contribution in [2.45, 2.75) is 39.7 Å². The van der Waals surface area contributed by atoms with Gasteiger partial charge in [0.25, 0.3) is 0 Å². The van der Waals surface area contributed by atoms with Gasteiger partial charge < -0.3 is 14.7 Å². The lowest BCUT2D eigenvalue weighted by Gasteiger charge is -2.23. The minimum Gasteiger partial charge on any atom is -0.465 e. The Kier molecular flexibility index (Phi) is 7.22. The molecule has 0 aliphatic carbocycles. The predicted molar refractivity (Wildman–Crippen MR) is 82.5 cm³/mol. The van der Waals surface area contributed by atoms with E-state index in [2.05, 4.69) is 13.8 Å². The quantitative estimate of drug-likeness (QED) is 0.742. The smallest absolute Gasteiger partial charge is 0.407 e. The molecule has 0 saturated heterocycles. The van der Waals surface area contributed by atoms with Gasteiger partial charge in [0.2, 0.25) is 0 Å². The van der Waals surface area contributed by atoms with E-state index in [4.69, 9.17) is 4.74 Å². The highest BCUT2D eigenvalue weighted by molar-refractivity contribution is 7.10. The Labute approximate surface area is 129 Å². The van der Waals surface area contributed by atoms with Crippen LogP contribution in [0.4, 0.5) is 4.79 Å². The van der Waals surface area contributed by atoms with Crippen LogP contribution in [0.15, 0.2) is 17.5 Å². The number of hydrogen-bond acceptors (Lipinski definition) is 4. The molecule has 6 heteroatoms. The minimum absolute atomic E-state index is 0.350. The zero-order chi connectivity index (χ0) is 15.8. The fraction of sp³-hybridized carbons (Fsp3) is 0.600. The molecule has 118 valence electrons. The fourth-order valence-electron chi connectivity index (χ4n) is 1.92. The van der Waals surface area contributed by atoms with Crippen molar-refractivity contribution in [3.8, 4) is 0 Å². The van der Waals surface area contributed by atoms with Gasteiger partial charge in [0.1, 0.15) is 6.10 Å². The van der Waals surface area contributed by atoms with Crippen molar-refractivity contribution < 1.29 is 19.4 Å². The van der Waals surface area contributed by atoms with Gasteiger partial charge in [-0.2, -0.15) is 0 Å². The first kappa shape index (κ1) is 17.5. The molecule has 0 fully saturated rings. The second kappa shape index (κ2) is 8.67. The zero-order valence-electron chi connectivity index (χ0n) is 12.7. The van der Waals surface area contributed by atoms with Crippen molar-refractivity contribution >= 4 is 23.4 Å². The van der Waals surface area contributed by atoms with Crippen LogP contribution < -0.4 is 0 Å². The summed E-state index contributed by atoms with van der Waals surface area (Å²) in [4.78, 5) is 24.8. The summed E-state index contributed by atoms with van der Waals surface area (Å²) < 4.78 is 5.30. The van der Waals surface area contributed by atoms with Crippen LogP contribution in [0.5, 0.6) is 0 Å². The summed E-state index contributed by atoms with van der Waals surface area (Å²) in [6.07, 6.45) is 0.000371. The molecule has 0 saturated carbocycles. The number of carboxylic acid groups (broad SMARTS) is 1. The first-order chi connectivity index (χ1) is 9.90. The van der Waals surface area contributed by atoms with Crippen LogP contribution >= 0.6 is 11.3 Å². The Hall–Kier alpha value is -1.56. The normalized spacial score (nSPS) is 12.2. The lowest BCUT2D eigenvalue weighted by Crippen LogP contribution is -2.33. The number of rotatable bonds is 8. The molecule has 1 aromatic rings. The molecule has 1 atom stereocenters. The summed E-state index contributed by atoms with van der Waals surface area (Å²) in [5.74, 6) is 0.103. The van der Waals surface area contributed by atoms with E-state index < -0.39 is 6.09 Å². The molecule has 1 rings (SSSR count). The van der Waals surface area contributed by atoms with Gasteiger partial charge in [-0.3, -0.25) is 4.79 Å². The average Bonchev–Trinajstić information content (AvgIpc) is 2.89. The molecule has 0 bridgehead atoms. The molecule has 1 N–H and O–H groups in total. The standard InChI is InChI=1S/C15H23NO4S/c1-11(2)6-8-16(15(18)19)9-7-13(20-12(3)17)14-5-4-10-21-14/h4-5,10-11,13H,6-9H2,1-3H3,(H,18,19)/t13-/m0/s1. The van der Waals surface area contributed by atoms with E-state index in [0.717, 1.165) is 11.3 Å². The topological polar surface area (TPSA) is 66.8 Å². The van der Waals surface area contributed by atoms with Crippen molar-refractivity contribution in [3.63, 3.8) is 0 Å². The summed E-state index contributed by atoms with van der Waals surface area (Å²) in [5.41, 5.74) is 0. The second-order valence-electron chi connectivity index (χ2n) is 5.35. The van der Waals surface area contributed by atoms with Gasteiger partial charge >= 0.3 is 12.1 Å². The van der Waals surface area contributed by atoms with Crippen LogP contribution in [0.3, 0.4) is 0 Å². The maximum Gasteiger partial charge on any atom is 0.407 e. The molecule has 0 aliphatic rings. The largest absolute Gasteiger partial charge is 0.465 e. The van der Waals surface area contributed by atoms with Gasteiger partial charge in [-0.25, -0.2) is 4.79 Å². The predicted octanol–water partition coefficient (Wildman–Crippen LogP) is 3.77. The molecule has 21 heavy (non-hydrogen) atoms. The van der Waals surface area contributed by atoms with E-state index in [1.54, 1.807) is 0 Å². The van der Waals surface area contributed by atoms with Gasteiger partial charge in [0.15, 0.2) is 0 Å². The van der Waals surface area contributed by atoms with Crippen molar-refractivity contribution in [2.24, 2.45) is 5.92 Å². The van der Waals surface area contributed by atoms with Crippen LogP contribution in [0, 0.1) is 5.92 Å².